The minimum absolute atomic E-state index is 0.583. The van der Waals surface area contributed by atoms with Crippen LogP contribution in [0.4, 0.5) is 5.82 Å². The second kappa shape index (κ2) is 3.43. The maximum Gasteiger partial charge on any atom is 0.143 e. The molecule has 3 rings (SSSR count). The first-order valence-corrected chi connectivity index (χ1v) is 5.89. The van der Waals surface area contributed by atoms with Crippen molar-refractivity contribution in [2.45, 2.75) is 25.9 Å². The number of aromatic nitrogens is 3. The third kappa shape index (κ3) is 1.58. The summed E-state index contributed by atoms with van der Waals surface area (Å²) in [5.74, 6) is 0.930. The van der Waals surface area contributed by atoms with Crippen LogP contribution >= 0.6 is 0 Å². The first-order chi connectivity index (χ1) is 8.11. The Morgan fingerprint density at radius 2 is 2.24 bits per heavy atom. The Labute approximate surface area is 99.5 Å². The van der Waals surface area contributed by atoms with Gasteiger partial charge in [-0.3, -0.25) is 0 Å². The van der Waals surface area contributed by atoms with Crippen LogP contribution in [0.1, 0.15) is 19.4 Å². The third-order valence-corrected chi connectivity index (χ3v) is 3.27. The first-order valence-electron chi connectivity index (χ1n) is 5.89. The maximum atomic E-state index is 9.80. The van der Waals surface area contributed by atoms with Gasteiger partial charge in [0, 0.05) is 19.3 Å². The SMILES string of the molecule is CCc1c[nH]c2ncnc(N3CC(C)(O)C3)c12. The topological polar surface area (TPSA) is 65.0 Å². The zero-order chi connectivity index (χ0) is 12.0. The number of aryl methyl sites for hydroxylation is 1. The lowest BCUT2D eigenvalue weighted by Gasteiger charge is -2.45. The Morgan fingerprint density at radius 1 is 1.47 bits per heavy atom. The van der Waals surface area contributed by atoms with Crippen LogP contribution < -0.4 is 4.90 Å². The molecule has 1 aliphatic heterocycles. The van der Waals surface area contributed by atoms with Gasteiger partial charge in [0.1, 0.15) is 17.8 Å². The lowest BCUT2D eigenvalue weighted by molar-refractivity contribution is 0.0307. The number of rotatable bonds is 2. The van der Waals surface area contributed by atoms with Gasteiger partial charge in [-0.2, -0.15) is 0 Å². The van der Waals surface area contributed by atoms with Crippen molar-refractivity contribution in [3.05, 3.63) is 18.1 Å². The average molecular weight is 232 g/mol. The lowest BCUT2D eigenvalue weighted by atomic mass is 9.96. The van der Waals surface area contributed by atoms with Crippen molar-refractivity contribution < 1.29 is 5.11 Å². The summed E-state index contributed by atoms with van der Waals surface area (Å²) in [6.07, 6.45) is 4.51. The number of fused-ring (bicyclic) bond motifs is 1. The van der Waals surface area contributed by atoms with Crippen LogP contribution in [0.3, 0.4) is 0 Å². The number of hydrogen-bond acceptors (Lipinski definition) is 4. The van der Waals surface area contributed by atoms with Crippen molar-refractivity contribution in [3.63, 3.8) is 0 Å². The van der Waals surface area contributed by atoms with Gasteiger partial charge in [-0.05, 0) is 18.9 Å². The molecule has 0 amide bonds. The fraction of sp³-hybridized carbons (Fsp3) is 0.500. The van der Waals surface area contributed by atoms with E-state index in [-0.39, 0.29) is 0 Å². The molecule has 0 unspecified atom stereocenters. The molecule has 0 aromatic carbocycles. The summed E-state index contributed by atoms with van der Waals surface area (Å²) >= 11 is 0. The maximum absolute atomic E-state index is 9.80. The Kier molecular flexibility index (Phi) is 2.13. The number of hydrogen-bond donors (Lipinski definition) is 2. The van der Waals surface area contributed by atoms with Crippen molar-refractivity contribution in [2.75, 3.05) is 18.0 Å². The molecule has 0 saturated carbocycles. The van der Waals surface area contributed by atoms with Gasteiger partial charge in [0.2, 0.25) is 0 Å². The van der Waals surface area contributed by atoms with E-state index in [2.05, 4.69) is 26.8 Å². The van der Waals surface area contributed by atoms with E-state index < -0.39 is 5.60 Å². The van der Waals surface area contributed by atoms with E-state index in [0.717, 1.165) is 23.3 Å². The van der Waals surface area contributed by atoms with Gasteiger partial charge in [-0.15, -0.1) is 0 Å². The van der Waals surface area contributed by atoms with E-state index in [1.165, 1.54) is 5.56 Å². The summed E-state index contributed by atoms with van der Waals surface area (Å²) in [5.41, 5.74) is 1.51. The van der Waals surface area contributed by atoms with Crippen LogP contribution in [-0.2, 0) is 6.42 Å². The smallest absolute Gasteiger partial charge is 0.143 e. The highest BCUT2D eigenvalue weighted by Gasteiger charge is 2.38. The van der Waals surface area contributed by atoms with Crippen molar-refractivity contribution in [1.29, 1.82) is 0 Å². The molecule has 1 saturated heterocycles. The number of aliphatic hydroxyl groups is 1. The minimum Gasteiger partial charge on any atom is -0.386 e. The second-order valence-electron chi connectivity index (χ2n) is 4.94. The van der Waals surface area contributed by atoms with Gasteiger partial charge in [-0.1, -0.05) is 6.92 Å². The minimum atomic E-state index is -0.583. The summed E-state index contributed by atoms with van der Waals surface area (Å²) in [6.45, 7) is 5.23. The number of aromatic amines is 1. The van der Waals surface area contributed by atoms with E-state index in [4.69, 9.17) is 0 Å². The summed E-state index contributed by atoms with van der Waals surface area (Å²) in [6, 6.07) is 0. The largest absolute Gasteiger partial charge is 0.386 e. The zero-order valence-electron chi connectivity index (χ0n) is 10.1. The molecule has 2 aromatic rings. The molecule has 2 N–H and O–H groups in total. The van der Waals surface area contributed by atoms with Gasteiger partial charge < -0.3 is 15.0 Å². The molecule has 0 atom stereocenters. The number of anilines is 1. The van der Waals surface area contributed by atoms with E-state index in [0.29, 0.717) is 13.1 Å². The highest BCUT2D eigenvalue weighted by molar-refractivity contribution is 5.91. The predicted molar refractivity (Wildman–Crippen MR) is 66.1 cm³/mol. The van der Waals surface area contributed by atoms with Gasteiger partial charge in [0.15, 0.2) is 0 Å². The molecule has 3 heterocycles. The molecule has 1 aliphatic rings. The molecule has 90 valence electrons. The molecule has 0 bridgehead atoms. The Bertz CT molecular complexity index is 553. The normalized spacial score (nSPS) is 18.4. The Balaban J connectivity index is 2.07. The van der Waals surface area contributed by atoms with Gasteiger partial charge in [0.05, 0.1) is 11.0 Å². The molecule has 17 heavy (non-hydrogen) atoms. The lowest BCUT2D eigenvalue weighted by Crippen LogP contribution is -2.60. The fourth-order valence-corrected chi connectivity index (χ4v) is 2.45. The predicted octanol–water partition coefficient (Wildman–Crippen LogP) is 1.09. The van der Waals surface area contributed by atoms with Crippen molar-refractivity contribution >= 4 is 16.9 Å². The summed E-state index contributed by atoms with van der Waals surface area (Å²) in [4.78, 5) is 13.8. The van der Waals surface area contributed by atoms with Crippen LogP contribution in [0.2, 0.25) is 0 Å². The van der Waals surface area contributed by atoms with Crippen LogP contribution in [0.5, 0.6) is 0 Å². The van der Waals surface area contributed by atoms with E-state index in [1.807, 2.05) is 13.1 Å². The zero-order valence-corrected chi connectivity index (χ0v) is 10.1. The Morgan fingerprint density at radius 3 is 2.88 bits per heavy atom. The molecule has 0 radical (unpaired) electrons. The van der Waals surface area contributed by atoms with Crippen molar-refractivity contribution in [1.82, 2.24) is 15.0 Å². The van der Waals surface area contributed by atoms with Crippen LogP contribution in [0.15, 0.2) is 12.5 Å². The third-order valence-electron chi connectivity index (χ3n) is 3.27. The van der Waals surface area contributed by atoms with Crippen LogP contribution in [-0.4, -0.2) is 38.7 Å². The quantitative estimate of drug-likeness (QED) is 0.813. The van der Waals surface area contributed by atoms with Crippen LogP contribution in [0, 0.1) is 0 Å². The molecular weight excluding hydrogens is 216 g/mol. The van der Waals surface area contributed by atoms with Gasteiger partial charge >= 0.3 is 0 Å². The van der Waals surface area contributed by atoms with Crippen LogP contribution in [0.25, 0.3) is 11.0 Å². The highest BCUT2D eigenvalue weighted by atomic mass is 16.3. The standard InChI is InChI=1S/C12H16N4O/c1-3-8-4-13-10-9(8)11(15-7-14-10)16-5-12(2,17)6-16/h4,7,17H,3,5-6H2,1-2H3,(H,13,14,15). The fourth-order valence-electron chi connectivity index (χ4n) is 2.45. The average Bonchev–Trinajstić information content (AvgIpc) is 2.68. The Hall–Kier alpha value is -1.62. The number of nitrogens with zero attached hydrogens (tertiary/aromatic N) is 3. The summed E-state index contributed by atoms with van der Waals surface area (Å²) in [5, 5.41) is 10.9. The summed E-state index contributed by atoms with van der Waals surface area (Å²) < 4.78 is 0. The van der Waals surface area contributed by atoms with E-state index >= 15 is 0 Å². The monoisotopic (exact) mass is 232 g/mol. The second-order valence-corrected chi connectivity index (χ2v) is 4.94. The summed E-state index contributed by atoms with van der Waals surface area (Å²) in [7, 11) is 0. The molecule has 5 nitrogen and oxygen atoms in total. The molecular formula is C12H16N4O. The molecule has 1 fully saturated rings. The number of H-pyrrole nitrogens is 1. The molecule has 0 aliphatic carbocycles. The molecule has 2 aromatic heterocycles. The molecule has 5 heteroatoms. The number of β-amino-alcohol motifs (C(OH)–C–C–N with tert-alkyl or cyclic N) is 1. The van der Waals surface area contributed by atoms with Crippen molar-refractivity contribution in [2.24, 2.45) is 0 Å². The van der Waals surface area contributed by atoms with E-state index in [1.54, 1.807) is 6.33 Å². The van der Waals surface area contributed by atoms with Gasteiger partial charge in [0.25, 0.3) is 0 Å². The van der Waals surface area contributed by atoms with Crippen molar-refractivity contribution in [3.8, 4) is 0 Å². The highest BCUT2D eigenvalue weighted by Crippen LogP contribution is 2.32. The first kappa shape index (κ1) is 10.5. The molecule has 0 spiro atoms. The van der Waals surface area contributed by atoms with E-state index in [9.17, 15) is 5.11 Å². The van der Waals surface area contributed by atoms with Gasteiger partial charge in [-0.25, -0.2) is 9.97 Å². The number of nitrogens with one attached hydrogen (secondary N) is 1.